The first-order chi connectivity index (χ1) is 9.20. The summed E-state index contributed by atoms with van der Waals surface area (Å²) in [4.78, 5) is 11.8. The van der Waals surface area contributed by atoms with Gasteiger partial charge in [-0.15, -0.1) is 13.2 Å². The van der Waals surface area contributed by atoms with Crippen molar-refractivity contribution >= 4 is 5.78 Å². The highest BCUT2D eigenvalue weighted by Gasteiger charge is 2.28. The Bertz CT molecular complexity index is 400. The Labute approximate surface area is 115 Å². The predicted molar refractivity (Wildman–Crippen MR) is 78.1 cm³/mol. The quantitative estimate of drug-likeness (QED) is 0.821. The van der Waals surface area contributed by atoms with Crippen LogP contribution in [0, 0.1) is 0 Å². The lowest BCUT2D eigenvalue weighted by Crippen LogP contribution is -2.26. The molecule has 0 radical (unpaired) electrons. The summed E-state index contributed by atoms with van der Waals surface area (Å²) in [6, 6.07) is 8.10. The predicted octanol–water partition coefficient (Wildman–Crippen LogP) is 2.41. The van der Waals surface area contributed by atoms with E-state index in [-0.39, 0.29) is 17.8 Å². The van der Waals surface area contributed by atoms with Gasteiger partial charge in [0.15, 0.2) is 0 Å². The Morgan fingerprint density at radius 3 is 2.53 bits per heavy atom. The van der Waals surface area contributed by atoms with Gasteiger partial charge >= 0.3 is 0 Å². The zero-order valence-corrected chi connectivity index (χ0v) is 11.6. The van der Waals surface area contributed by atoms with Crippen molar-refractivity contribution in [1.29, 1.82) is 0 Å². The molecular weight excluding hydrogens is 238 g/mol. The third-order valence-corrected chi connectivity index (χ3v) is 3.38. The Morgan fingerprint density at radius 2 is 1.95 bits per heavy atom. The third-order valence-electron chi connectivity index (χ3n) is 3.38. The van der Waals surface area contributed by atoms with Crippen LogP contribution in [-0.4, -0.2) is 24.0 Å². The highest BCUT2D eigenvalue weighted by molar-refractivity contribution is 5.86. The smallest absolute Gasteiger partial charge is 0.140 e. The molecule has 19 heavy (non-hydrogen) atoms. The number of aliphatic hydroxyl groups is 1. The molecule has 0 spiro atoms. The standard InChI is InChI=1S/C14H19NO2.C2H4/c1-15-9-10-2-4-11(5-3-10)13-8-12(16)6-7-14(13)17;1-2/h2-5,12-13,15-16H,6-9H2,1H3;1-2H2. The van der Waals surface area contributed by atoms with Gasteiger partial charge in [0.05, 0.1) is 6.10 Å². The van der Waals surface area contributed by atoms with E-state index in [0.29, 0.717) is 19.3 Å². The van der Waals surface area contributed by atoms with E-state index in [9.17, 15) is 9.90 Å². The van der Waals surface area contributed by atoms with Crippen molar-refractivity contribution in [2.24, 2.45) is 0 Å². The van der Waals surface area contributed by atoms with E-state index < -0.39 is 0 Å². The van der Waals surface area contributed by atoms with Crippen LogP contribution in [0.2, 0.25) is 0 Å². The average Bonchev–Trinajstić information content (AvgIpc) is 2.45. The molecule has 1 aromatic carbocycles. The van der Waals surface area contributed by atoms with E-state index in [1.165, 1.54) is 5.56 Å². The number of ketones is 1. The summed E-state index contributed by atoms with van der Waals surface area (Å²) in [7, 11) is 1.91. The molecule has 0 saturated heterocycles. The summed E-state index contributed by atoms with van der Waals surface area (Å²) in [5.74, 6) is 0.152. The molecule has 2 atom stereocenters. The monoisotopic (exact) mass is 261 g/mol. The number of benzene rings is 1. The zero-order chi connectivity index (χ0) is 14.3. The molecule has 0 aliphatic heterocycles. The Balaban J connectivity index is 0.000000861. The van der Waals surface area contributed by atoms with Gasteiger partial charge < -0.3 is 10.4 Å². The van der Waals surface area contributed by atoms with Crippen LogP contribution in [0.25, 0.3) is 0 Å². The number of hydrogen-bond donors (Lipinski definition) is 2. The number of hydrogen-bond acceptors (Lipinski definition) is 3. The van der Waals surface area contributed by atoms with E-state index in [1.807, 2.05) is 31.3 Å². The van der Waals surface area contributed by atoms with Crippen LogP contribution in [-0.2, 0) is 11.3 Å². The van der Waals surface area contributed by atoms with Gasteiger partial charge in [0.1, 0.15) is 5.78 Å². The number of aliphatic hydroxyl groups excluding tert-OH is 1. The summed E-state index contributed by atoms with van der Waals surface area (Å²) in [6.07, 6.45) is 1.37. The maximum atomic E-state index is 11.8. The molecule has 3 nitrogen and oxygen atoms in total. The van der Waals surface area contributed by atoms with Crippen LogP contribution in [0.5, 0.6) is 0 Å². The van der Waals surface area contributed by atoms with Gasteiger partial charge in [0, 0.05) is 18.9 Å². The van der Waals surface area contributed by atoms with E-state index in [0.717, 1.165) is 12.1 Å². The first-order valence-corrected chi connectivity index (χ1v) is 6.65. The molecular formula is C16H23NO2. The largest absolute Gasteiger partial charge is 0.393 e. The SMILES string of the molecule is C=C.CNCc1ccc(C2CC(O)CCC2=O)cc1. The van der Waals surface area contributed by atoms with Crippen molar-refractivity contribution in [2.45, 2.75) is 37.8 Å². The first kappa shape index (κ1) is 15.6. The van der Waals surface area contributed by atoms with Crippen molar-refractivity contribution in [1.82, 2.24) is 5.32 Å². The van der Waals surface area contributed by atoms with Crippen molar-refractivity contribution in [3.8, 4) is 0 Å². The van der Waals surface area contributed by atoms with Gasteiger partial charge in [-0.3, -0.25) is 4.79 Å². The fraction of sp³-hybridized carbons (Fsp3) is 0.438. The van der Waals surface area contributed by atoms with Gasteiger partial charge in [0.2, 0.25) is 0 Å². The summed E-state index contributed by atoms with van der Waals surface area (Å²) in [5.41, 5.74) is 2.24. The molecule has 0 bridgehead atoms. The Hall–Kier alpha value is -1.45. The number of carbonyl (C=O) groups is 1. The van der Waals surface area contributed by atoms with Crippen LogP contribution in [0.15, 0.2) is 37.4 Å². The summed E-state index contributed by atoms with van der Waals surface area (Å²) >= 11 is 0. The summed E-state index contributed by atoms with van der Waals surface area (Å²) < 4.78 is 0. The van der Waals surface area contributed by atoms with E-state index in [1.54, 1.807) is 0 Å². The molecule has 1 aliphatic rings. The molecule has 2 rings (SSSR count). The van der Waals surface area contributed by atoms with Crippen molar-refractivity contribution in [3.63, 3.8) is 0 Å². The van der Waals surface area contributed by atoms with Gasteiger partial charge in [-0.05, 0) is 31.0 Å². The second kappa shape index (κ2) is 7.87. The molecule has 0 amide bonds. The second-order valence-electron chi connectivity index (χ2n) is 4.72. The Morgan fingerprint density at radius 1 is 1.32 bits per heavy atom. The molecule has 1 aromatic rings. The van der Waals surface area contributed by atoms with Gasteiger partial charge in [-0.2, -0.15) is 0 Å². The maximum absolute atomic E-state index is 11.8. The van der Waals surface area contributed by atoms with Crippen LogP contribution in [0.1, 0.15) is 36.3 Å². The summed E-state index contributed by atoms with van der Waals surface area (Å²) in [6.45, 7) is 6.83. The molecule has 1 fully saturated rings. The molecule has 0 aromatic heterocycles. The average molecular weight is 261 g/mol. The highest BCUT2D eigenvalue weighted by Crippen LogP contribution is 2.30. The topological polar surface area (TPSA) is 49.3 Å². The molecule has 1 saturated carbocycles. The first-order valence-electron chi connectivity index (χ1n) is 6.65. The van der Waals surface area contributed by atoms with Crippen LogP contribution in [0.4, 0.5) is 0 Å². The minimum atomic E-state index is -0.324. The molecule has 2 unspecified atom stereocenters. The highest BCUT2D eigenvalue weighted by atomic mass is 16.3. The van der Waals surface area contributed by atoms with Gasteiger partial charge in [0.25, 0.3) is 0 Å². The number of carbonyl (C=O) groups excluding carboxylic acids is 1. The van der Waals surface area contributed by atoms with Crippen molar-refractivity contribution < 1.29 is 9.90 Å². The van der Waals surface area contributed by atoms with Gasteiger partial charge in [-0.1, -0.05) is 24.3 Å². The second-order valence-corrected chi connectivity index (χ2v) is 4.72. The van der Waals surface area contributed by atoms with Gasteiger partial charge in [-0.25, -0.2) is 0 Å². The van der Waals surface area contributed by atoms with Crippen molar-refractivity contribution in [3.05, 3.63) is 48.6 Å². The number of Topliss-reactive ketones (excluding diaryl/α,β-unsaturated/α-hetero) is 1. The number of nitrogens with one attached hydrogen (secondary N) is 1. The minimum absolute atomic E-state index is 0.109. The lowest BCUT2D eigenvalue weighted by atomic mass is 9.81. The van der Waals surface area contributed by atoms with E-state index in [4.69, 9.17) is 0 Å². The Kier molecular flexibility index (Phi) is 6.46. The fourth-order valence-electron chi connectivity index (χ4n) is 2.40. The molecule has 0 heterocycles. The lowest BCUT2D eigenvalue weighted by Gasteiger charge is -2.25. The third kappa shape index (κ3) is 4.30. The molecule has 2 N–H and O–H groups in total. The maximum Gasteiger partial charge on any atom is 0.140 e. The lowest BCUT2D eigenvalue weighted by molar-refractivity contribution is -0.123. The van der Waals surface area contributed by atoms with Crippen LogP contribution >= 0.6 is 0 Å². The normalized spacial score (nSPS) is 22.5. The molecule has 3 heteroatoms. The molecule has 104 valence electrons. The van der Waals surface area contributed by atoms with Crippen LogP contribution in [0.3, 0.4) is 0 Å². The van der Waals surface area contributed by atoms with Crippen molar-refractivity contribution in [2.75, 3.05) is 7.05 Å². The zero-order valence-electron chi connectivity index (χ0n) is 11.6. The number of rotatable bonds is 3. The van der Waals surface area contributed by atoms with E-state index in [2.05, 4.69) is 18.5 Å². The van der Waals surface area contributed by atoms with E-state index >= 15 is 0 Å². The van der Waals surface area contributed by atoms with Crippen LogP contribution < -0.4 is 5.32 Å². The summed E-state index contributed by atoms with van der Waals surface area (Å²) in [5, 5.41) is 12.7. The molecule has 1 aliphatic carbocycles. The fourth-order valence-corrected chi connectivity index (χ4v) is 2.40. The minimum Gasteiger partial charge on any atom is -0.393 e.